The molecule has 6 nitrogen and oxygen atoms in total. The zero-order valence-corrected chi connectivity index (χ0v) is 16.6. The van der Waals surface area contributed by atoms with Gasteiger partial charge in [-0.2, -0.15) is 0 Å². The number of carbonyl (C=O) groups is 4. The summed E-state index contributed by atoms with van der Waals surface area (Å²) in [5.41, 5.74) is 0. The molecular weight excluding hydrogens is 264 g/mol. The molecule has 0 amide bonds. The van der Waals surface area contributed by atoms with Crippen molar-refractivity contribution in [3.63, 3.8) is 0 Å². The Morgan fingerprint density at radius 3 is 1.21 bits per heavy atom. The van der Waals surface area contributed by atoms with E-state index in [1.165, 1.54) is 13.8 Å². The number of esters is 4. The maximum absolute atomic E-state index is 10.8. The van der Waals surface area contributed by atoms with Crippen LogP contribution in [0.2, 0.25) is 0 Å². The van der Waals surface area contributed by atoms with Gasteiger partial charge in [0.2, 0.25) is 0 Å². The quantitative estimate of drug-likeness (QED) is 0.289. The van der Waals surface area contributed by atoms with E-state index in [1.807, 2.05) is 0 Å². The minimum atomic E-state index is -1.02. The summed E-state index contributed by atoms with van der Waals surface area (Å²) in [5, 5.41) is 0. The first-order valence-electron chi connectivity index (χ1n) is 4.46. The monoisotopic (exact) mass is 280 g/mol. The van der Waals surface area contributed by atoms with Gasteiger partial charge in [0, 0.05) is 12.8 Å². The van der Waals surface area contributed by atoms with Crippen LogP contribution in [0.1, 0.15) is 38.8 Å². The van der Waals surface area contributed by atoms with E-state index in [2.05, 4.69) is 9.47 Å². The Morgan fingerprint density at radius 1 is 0.737 bits per heavy atom. The average molecular weight is 280 g/mol. The molecule has 19 heavy (non-hydrogen) atoms. The van der Waals surface area contributed by atoms with Gasteiger partial charge >= 0.3 is 121 Å². The third-order valence-electron chi connectivity index (χ3n) is 1.32. The molecule has 0 saturated carbocycles. The van der Waals surface area contributed by atoms with Crippen LogP contribution in [-0.2, 0) is 28.7 Å². The van der Waals surface area contributed by atoms with Crippen LogP contribution in [0.3, 0.4) is 0 Å². The van der Waals surface area contributed by atoms with Gasteiger partial charge in [-0.05, 0) is 0 Å². The number of rotatable bonds is 4. The van der Waals surface area contributed by atoms with Crippen molar-refractivity contribution < 1.29 is 131 Å². The predicted molar refractivity (Wildman–Crippen MR) is 51.8 cm³/mol. The third kappa shape index (κ3) is 19.5. The molecule has 0 aromatic rings. The van der Waals surface area contributed by atoms with Gasteiger partial charge in [0.1, 0.15) is 6.42 Å². The topological polar surface area (TPSA) is 86.7 Å². The fourth-order valence-corrected chi connectivity index (χ4v) is 0.588. The summed E-state index contributed by atoms with van der Waals surface area (Å²) in [6.07, 6.45) is -0.666. The average Bonchev–Trinajstić information content (AvgIpc) is 2.16. The molecule has 0 aromatic carbocycles. The molecule has 0 fully saturated rings. The summed E-state index contributed by atoms with van der Waals surface area (Å²) in [6, 6.07) is 0. The van der Waals surface area contributed by atoms with Gasteiger partial charge in [-0.1, -0.05) is 13.8 Å². The molecule has 92 valence electrons. The van der Waals surface area contributed by atoms with Crippen LogP contribution < -0.4 is 96.8 Å². The third-order valence-corrected chi connectivity index (χ3v) is 1.32. The maximum atomic E-state index is 10.8. The van der Waals surface area contributed by atoms with Gasteiger partial charge in [0.15, 0.2) is 0 Å². The Bertz CT molecular complexity index is 286. The Labute approximate surface area is 186 Å². The van der Waals surface area contributed by atoms with Gasteiger partial charge < -0.3 is 15.2 Å². The van der Waals surface area contributed by atoms with E-state index in [4.69, 9.17) is 0 Å². The Balaban J connectivity index is -0.0000000350. The van der Waals surface area contributed by atoms with E-state index >= 15 is 0 Å². The van der Waals surface area contributed by atoms with Crippen LogP contribution in [0, 0.1) is 0 Å². The molecule has 0 aliphatic rings. The molecule has 0 atom stereocenters. The SMILES string of the molecule is CCC(=O)OC(=O)CC(=O)OC(=O)CC.[H-].[H-].[H-].[H-].[Li+].[Li+].[Na+].[Na+]. The standard InChI is InChI=1S/C9H12O6.2Li.2Na.4H/c1-3-6(10)14-8(12)5-9(13)15-7(11)4-2;;;;;;;;/h3-5H2,1-2H3;;;;;;;;/q;4*+1;4*-1. The van der Waals surface area contributed by atoms with E-state index < -0.39 is 30.3 Å². The van der Waals surface area contributed by atoms with Crippen molar-refractivity contribution in [3.8, 4) is 0 Å². The second kappa shape index (κ2) is 19.5. The van der Waals surface area contributed by atoms with Crippen LogP contribution in [0.4, 0.5) is 0 Å². The predicted octanol–water partition coefficient (Wildman–Crippen LogP) is -11.2. The second-order valence-electron chi connectivity index (χ2n) is 2.58. The van der Waals surface area contributed by atoms with Crippen LogP contribution in [0.15, 0.2) is 0 Å². The van der Waals surface area contributed by atoms with Crippen molar-refractivity contribution in [2.24, 2.45) is 0 Å². The van der Waals surface area contributed by atoms with Crippen molar-refractivity contribution >= 4 is 23.9 Å². The molecule has 0 N–H and O–H groups in total. The molecule has 0 aromatic heterocycles. The first-order valence-corrected chi connectivity index (χ1v) is 4.46. The molecule has 0 radical (unpaired) electrons. The van der Waals surface area contributed by atoms with Crippen LogP contribution >= 0.6 is 0 Å². The summed E-state index contributed by atoms with van der Waals surface area (Å²) in [4.78, 5) is 42.9. The minimum Gasteiger partial charge on any atom is -1.00 e. The molecule has 0 unspecified atom stereocenters. The number of carbonyl (C=O) groups excluding carboxylic acids is 4. The van der Waals surface area contributed by atoms with Crippen LogP contribution in [-0.4, -0.2) is 23.9 Å². The summed E-state index contributed by atoms with van der Waals surface area (Å²) in [6.45, 7) is 3.02. The fourth-order valence-electron chi connectivity index (χ4n) is 0.588. The largest absolute Gasteiger partial charge is 1.00 e. The summed E-state index contributed by atoms with van der Waals surface area (Å²) in [7, 11) is 0. The summed E-state index contributed by atoms with van der Waals surface area (Å²) in [5.74, 6) is -3.49. The maximum Gasteiger partial charge on any atom is 1.00 e. The second-order valence-corrected chi connectivity index (χ2v) is 2.58. The number of hydrogen-bond donors (Lipinski definition) is 0. The van der Waals surface area contributed by atoms with Crippen LogP contribution in [0.5, 0.6) is 0 Å². The van der Waals surface area contributed by atoms with Crippen molar-refractivity contribution in [2.75, 3.05) is 0 Å². The molecule has 0 aliphatic carbocycles. The van der Waals surface area contributed by atoms with Gasteiger partial charge in [0.05, 0.1) is 0 Å². The van der Waals surface area contributed by atoms with E-state index in [1.54, 1.807) is 0 Å². The Hall–Kier alpha value is 1.47. The van der Waals surface area contributed by atoms with E-state index in [9.17, 15) is 19.2 Å². The molecule has 0 bridgehead atoms. The van der Waals surface area contributed by atoms with Gasteiger partial charge in [-0.3, -0.25) is 19.2 Å². The molecule has 0 heterocycles. The minimum absolute atomic E-state index is 0. The molecule has 10 heteroatoms. The van der Waals surface area contributed by atoms with Gasteiger partial charge in [0.25, 0.3) is 0 Å². The number of ether oxygens (including phenoxy) is 2. The fraction of sp³-hybridized carbons (Fsp3) is 0.556. The zero-order chi connectivity index (χ0) is 11.8. The molecular formula is C9H16Li2Na2O6. The van der Waals surface area contributed by atoms with Gasteiger partial charge in [-0.25, -0.2) is 0 Å². The van der Waals surface area contributed by atoms with Crippen molar-refractivity contribution in [1.29, 1.82) is 0 Å². The molecule has 0 rings (SSSR count). The smallest absolute Gasteiger partial charge is 1.00 e. The van der Waals surface area contributed by atoms with E-state index in [0.29, 0.717) is 0 Å². The van der Waals surface area contributed by atoms with E-state index in [-0.39, 0.29) is 115 Å². The Morgan fingerprint density at radius 2 is 1.00 bits per heavy atom. The zero-order valence-electron chi connectivity index (χ0n) is 16.6. The molecule has 0 saturated heterocycles. The van der Waals surface area contributed by atoms with E-state index in [0.717, 1.165) is 0 Å². The first-order chi connectivity index (χ1) is 6.99. The molecule has 0 spiro atoms. The van der Waals surface area contributed by atoms with Crippen molar-refractivity contribution in [1.82, 2.24) is 0 Å². The Kier molecular flexibility index (Phi) is 33.2. The normalized spacial score (nSPS) is 7.26. The van der Waals surface area contributed by atoms with Crippen molar-refractivity contribution in [3.05, 3.63) is 0 Å². The van der Waals surface area contributed by atoms with Crippen LogP contribution in [0.25, 0.3) is 0 Å². The first kappa shape index (κ1) is 32.4. The number of hydrogen-bond acceptors (Lipinski definition) is 6. The summed E-state index contributed by atoms with van der Waals surface area (Å²) < 4.78 is 8.39. The van der Waals surface area contributed by atoms with Crippen molar-refractivity contribution in [2.45, 2.75) is 33.1 Å². The summed E-state index contributed by atoms with van der Waals surface area (Å²) >= 11 is 0. The van der Waals surface area contributed by atoms with Gasteiger partial charge in [-0.15, -0.1) is 0 Å². The molecule has 0 aliphatic heterocycles.